The van der Waals surface area contributed by atoms with Gasteiger partial charge in [0.25, 0.3) is 0 Å². The Balaban J connectivity index is 4.53. The van der Waals surface area contributed by atoms with Crippen LogP contribution in [0.15, 0.2) is 134 Å². The van der Waals surface area contributed by atoms with E-state index >= 15 is 0 Å². The van der Waals surface area contributed by atoms with Crippen LogP contribution in [-0.4, -0.2) is 37.2 Å². The number of esters is 3. The monoisotopic (exact) mass is 967 g/mol. The van der Waals surface area contributed by atoms with Gasteiger partial charge in [-0.1, -0.05) is 244 Å². The maximum Gasteiger partial charge on any atom is 0.306 e. The van der Waals surface area contributed by atoms with Crippen LogP contribution in [-0.2, 0) is 28.6 Å². The quantitative estimate of drug-likeness (QED) is 0.0199. The second-order valence-corrected chi connectivity index (χ2v) is 18.2. The Morgan fingerprint density at radius 2 is 0.629 bits per heavy atom. The summed E-state index contributed by atoms with van der Waals surface area (Å²) in [5.41, 5.74) is 0. The maximum atomic E-state index is 12.9. The van der Waals surface area contributed by atoms with Crippen molar-refractivity contribution in [3.8, 4) is 0 Å². The van der Waals surface area contributed by atoms with Gasteiger partial charge in [0.05, 0.1) is 0 Å². The van der Waals surface area contributed by atoms with Crippen LogP contribution in [0.1, 0.15) is 233 Å². The van der Waals surface area contributed by atoms with Crippen LogP contribution in [0, 0.1) is 0 Å². The Kier molecular flexibility index (Phi) is 53.5. The molecule has 1 unspecified atom stereocenters. The molecule has 0 aliphatic rings. The molecule has 0 spiro atoms. The summed E-state index contributed by atoms with van der Waals surface area (Å²) in [5, 5.41) is 0. The SMILES string of the molecule is CC\C=C/C=C\C=C/C=C\C=C/CCCCCC(=O)OCC(COC(=O)CCCCCCCC/C=C\C/C=C\C/C=C\C/C=C\CC)OC(=O)CCCCCCC/C=C\C=C/CCCCCCCCC. The van der Waals surface area contributed by atoms with Gasteiger partial charge in [0, 0.05) is 19.3 Å². The third-order valence-corrected chi connectivity index (χ3v) is 11.5. The standard InChI is InChI=1S/C64H102O6/c1-4-7-10-13-16-19-22-25-28-30-32-34-36-39-42-45-48-51-54-57-63(66)69-60-61(59-68-62(65)56-53-50-47-44-41-38-35-27-24-21-18-15-12-9-6-3)70-64(67)58-55-52-49-46-43-40-37-33-31-29-26-23-20-17-14-11-8-5-2/h7,9-10,12,15-16,18-19,21,24-25,27-29,31-35,37-38,41,61H,4-6,8,11,13-14,17,20,22-23,26,30,36,39-40,42-60H2,1-3H3/b10-7-,12-9-,18-15-,19-16-,24-21-,28-25-,31-29-,34-32-,35-27-,37-33-,41-38-. The lowest BCUT2D eigenvalue weighted by Gasteiger charge is -2.18. The first-order valence-electron chi connectivity index (χ1n) is 28.3. The molecule has 0 aliphatic heterocycles. The zero-order chi connectivity index (χ0) is 50.7. The summed E-state index contributed by atoms with van der Waals surface area (Å²) in [6.07, 6.45) is 80.1. The molecule has 0 radical (unpaired) electrons. The van der Waals surface area contributed by atoms with E-state index in [1.165, 1.54) is 64.2 Å². The first-order valence-corrected chi connectivity index (χ1v) is 28.3. The molecule has 0 aliphatic carbocycles. The van der Waals surface area contributed by atoms with Crippen LogP contribution < -0.4 is 0 Å². The molecule has 0 saturated carbocycles. The highest BCUT2D eigenvalue weighted by atomic mass is 16.6. The van der Waals surface area contributed by atoms with E-state index in [9.17, 15) is 14.4 Å². The predicted molar refractivity (Wildman–Crippen MR) is 302 cm³/mol. The Bertz CT molecular complexity index is 1530. The topological polar surface area (TPSA) is 78.9 Å². The van der Waals surface area contributed by atoms with Crippen molar-refractivity contribution in [2.75, 3.05) is 13.2 Å². The summed E-state index contributed by atoms with van der Waals surface area (Å²) in [6.45, 7) is 6.31. The molecule has 70 heavy (non-hydrogen) atoms. The van der Waals surface area contributed by atoms with Gasteiger partial charge in [0.15, 0.2) is 6.10 Å². The van der Waals surface area contributed by atoms with Gasteiger partial charge in [-0.3, -0.25) is 14.4 Å². The van der Waals surface area contributed by atoms with Gasteiger partial charge in [-0.05, 0) is 103 Å². The highest BCUT2D eigenvalue weighted by Crippen LogP contribution is 2.13. The van der Waals surface area contributed by atoms with Crippen molar-refractivity contribution in [2.45, 2.75) is 239 Å². The molecule has 0 rings (SSSR count). The van der Waals surface area contributed by atoms with E-state index in [-0.39, 0.29) is 31.1 Å². The molecule has 0 aromatic heterocycles. The summed E-state index contributed by atoms with van der Waals surface area (Å²) in [7, 11) is 0. The Morgan fingerprint density at radius 1 is 0.314 bits per heavy atom. The highest BCUT2D eigenvalue weighted by molar-refractivity contribution is 5.71. The molecule has 0 aromatic rings. The lowest BCUT2D eigenvalue weighted by atomic mass is 10.1. The molecule has 0 N–H and O–H groups in total. The minimum absolute atomic E-state index is 0.111. The van der Waals surface area contributed by atoms with E-state index in [0.717, 1.165) is 128 Å². The number of ether oxygens (including phenoxy) is 3. The predicted octanol–water partition coefficient (Wildman–Crippen LogP) is 19.0. The average Bonchev–Trinajstić information content (AvgIpc) is 3.36. The van der Waals surface area contributed by atoms with E-state index in [1.807, 2.05) is 48.6 Å². The van der Waals surface area contributed by atoms with E-state index < -0.39 is 6.10 Å². The van der Waals surface area contributed by atoms with Gasteiger partial charge in [0.2, 0.25) is 0 Å². The largest absolute Gasteiger partial charge is 0.462 e. The number of carbonyl (C=O) groups excluding carboxylic acids is 3. The van der Waals surface area contributed by atoms with Crippen molar-refractivity contribution in [3.05, 3.63) is 134 Å². The van der Waals surface area contributed by atoms with E-state index in [1.54, 1.807) is 0 Å². The van der Waals surface area contributed by atoms with Crippen molar-refractivity contribution < 1.29 is 28.6 Å². The molecule has 6 heteroatoms. The van der Waals surface area contributed by atoms with Gasteiger partial charge >= 0.3 is 17.9 Å². The van der Waals surface area contributed by atoms with Crippen LogP contribution in [0.4, 0.5) is 0 Å². The summed E-state index contributed by atoms with van der Waals surface area (Å²) >= 11 is 0. The van der Waals surface area contributed by atoms with Crippen molar-refractivity contribution in [1.82, 2.24) is 0 Å². The van der Waals surface area contributed by atoms with Gasteiger partial charge in [0.1, 0.15) is 13.2 Å². The average molecular weight is 968 g/mol. The van der Waals surface area contributed by atoms with Crippen LogP contribution in [0.2, 0.25) is 0 Å². The zero-order valence-corrected chi connectivity index (χ0v) is 45.0. The molecule has 0 bridgehead atoms. The Labute approximate surface area is 430 Å². The number of carbonyl (C=O) groups is 3. The van der Waals surface area contributed by atoms with Gasteiger partial charge in [-0.25, -0.2) is 0 Å². The van der Waals surface area contributed by atoms with Crippen molar-refractivity contribution in [3.63, 3.8) is 0 Å². The van der Waals surface area contributed by atoms with Crippen LogP contribution in [0.3, 0.4) is 0 Å². The summed E-state index contributed by atoms with van der Waals surface area (Å²) in [6, 6.07) is 0. The number of allylic oxidation sites excluding steroid dienone is 22. The molecule has 394 valence electrons. The molecule has 1 atom stereocenters. The van der Waals surface area contributed by atoms with Gasteiger partial charge < -0.3 is 14.2 Å². The fourth-order valence-electron chi connectivity index (χ4n) is 7.33. The molecule has 0 heterocycles. The molecule has 0 aromatic carbocycles. The zero-order valence-electron chi connectivity index (χ0n) is 45.0. The first kappa shape index (κ1) is 65.5. The minimum atomic E-state index is -0.816. The van der Waals surface area contributed by atoms with Crippen molar-refractivity contribution in [1.29, 1.82) is 0 Å². The molecule has 6 nitrogen and oxygen atoms in total. The molecule has 0 fully saturated rings. The first-order chi connectivity index (χ1) is 34.5. The van der Waals surface area contributed by atoms with Crippen molar-refractivity contribution >= 4 is 17.9 Å². The Hall–Kier alpha value is -4.45. The molecule has 0 saturated heterocycles. The normalized spacial score (nSPS) is 13.1. The van der Waals surface area contributed by atoms with Gasteiger partial charge in [-0.2, -0.15) is 0 Å². The highest BCUT2D eigenvalue weighted by Gasteiger charge is 2.19. The second kappa shape index (κ2) is 57.1. The smallest absolute Gasteiger partial charge is 0.306 e. The van der Waals surface area contributed by atoms with E-state index in [2.05, 4.69) is 106 Å². The lowest BCUT2D eigenvalue weighted by Crippen LogP contribution is -2.30. The Morgan fingerprint density at radius 3 is 1.07 bits per heavy atom. The minimum Gasteiger partial charge on any atom is -0.462 e. The van der Waals surface area contributed by atoms with Crippen molar-refractivity contribution in [2.24, 2.45) is 0 Å². The molecular formula is C64H102O6. The lowest BCUT2D eigenvalue weighted by molar-refractivity contribution is -0.167. The third-order valence-electron chi connectivity index (χ3n) is 11.5. The summed E-state index contributed by atoms with van der Waals surface area (Å²) in [4.78, 5) is 38.2. The number of unbranched alkanes of at least 4 members (excludes halogenated alkanes) is 21. The van der Waals surface area contributed by atoms with Crippen LogP contribution >= 0.6 is 0 Å². The molecular weight excluding hydrogens is 865 g/mol. The number of rotatable bonds is 49. The second-order valence-electron chi connectivity index (χ2n) is 18.2. The summed E-state index contributed by atoms with van der Waals surface area (Å²) < 4.78 is 16.8. The third kappa shape index (κ3) is 54.5. The van der Waals surface area contributed by atoms with E-state index in [4.69, 9.17) is 14.2 Å². The summed E-state index contributed by atoms with van der Waals surface area (Å²) in [5.74, 6) is -0.986. The fourth-order valence-corrected chi connectivity index (χ4v) is 7.33. The molecule has 0 amide bonds. The van der Waals surface area contributed by atoms with Gasteiger partial charge in [-0.15, -0.1) is 0 Å². The van der Waals surface area contributed by atoms with E-state index in [0.29, 0.717) is 19.3 Å². The number of hydrogen-bond acceptors (Lipinski definition) is 6. The van der Waals surface area contributed by atoms with Crippen LogP contribution in [0.25, 0.3) is 0 Å². The van der Waals surface area contributed by atoms with Crippen LogP contribution in [0.5, 0.6) is 0 Å². The fraction of sp³-hybridized carbons (Fsp3) is 0.609. The number of hydrogen-bond donors (Lipinski definition) is 0. The maximum absolute atomic E-state index is 12.9.